The first-order valence-electron chi connectivity index (χ1n) is 6.57. The molecule has 0 aliphatic carbocycles. The topological polar surface area (TPSA) is 51.3 Å². The summed E-state index contributed by atoms with van der Waals surface area (Å²) in [6.45, 7) is 1.35. The van der Waals surface area contributed by atoms with Crippen molar-refractivity contribution >= 4 is 16.7 Å². The lowest BCUT2D eigenvalue weighted by Gasteiger charge is -2.20. The van der Waals surface area contributed by atoms with Crippen molar-refractivity contribution in [1.82, 2.24) is 4.98 Å². The molecule has 0 bridgehead atoms. The molecule has 1 aliphatic rings. The molecule has 19 heavy (non-hydrogen) atoms. The van der Waals surface area contributed by atoms with Crippen LogP contribution in [0.3, 0.4) is 0 Å². The van der Waals surface area contributed by atoms with Gasteiger partial charge in [0.15, 0.2) is 5.78 Å². The summed E-state index contributed by atoms with van der Waals surface area (Å²) in [4.78, 5) is 15.8. The molecule has 0 atom stereocenters. The van der Waals surface area contributed by atoms with Crippen LogP contribution in [-0.2, 0) is 4.74 Å². The van der Waals surface area contributed by atoms with Gasteiger partial charge in [-0.2, -0.15) is 0 Å². The zero-order chi connectivity index (χ0) is 13.2. The van der Waals surface area contributed by atoms with Gasteiger partial charge in [-0.15, -0.1) is 0 Å². The van der Waals surface area contributed by atoms with E-state index in [-0.39, 0.29) is 11.7 Å². The molecule has 3 rings (SSSR count). The molecule has 1 aromatic carbocycles. The smallest absolute Gasteiger partial charge is 0.168 e. The molecular formula is C15H17NO3. The number of H-pyrrole nitrogens is 1. The second-order valence-electron chi connectivity index (χ2n) is 4.84. The van der Waals surface area contributed by atoms with E-state index < -0.39 is 0 Å². The number of ketones is 1. The first kappa shape index (κ1) is 12.2. The molecule has 0 saturated carbocycles. The zero-order valence-electron chi connectivity index (χ0n) is 10.9. The highest BCUT2D eigenvalue weighted by atomic mass is 16.5. The molecule has 0 radical (unpaired) electrons. The third kappa shape index (κ3) is 2.12. The predicted molar refractivity (Wildman–Crippen MR) is 72.7 cm³/mol. The number of rotatable bonds is 3. The number of aromatic amines is 1. The maximum Gasteiger partial charge on any atom is 0.168 e. The van der Waals surface area contributed by atoms with E-state index in [9.17, 15) is 4.79 Å². The first-order chi connectivity index (χ1) is 9.31. The van der Waals surface area contributed by atoms with Crippen molar-refractivity contribution in [2.75, 3.05) is 20.3 Å². The van der Waals surface area contributed by atoms with Gasteiger partial charge in [0.25, 0.3) is 0 Å². The molecule has 1 fully saturated rings. The van der Waals surface area contributed by atoms with E-state index >= 15 is 0 Å². The van der Waals surface area contributed by atoms with Gasteiger partial charge >= 0.3 is 0 Å². The van der Waals surface area contributed by atoms with Gasteiger partial charge in [-0.1, -0.05) is 6.07 Å². The van der Waals surface area contributed by atoms with E-state index in [1.54, 1.807) is 13.3 Å². The fourth-order valence-electron chi connectivity index (χ4n) is 2.70. The Morgan fingerprint density at radius 2 is 2.16 bits per heavy atom. The van der Waals surface area contributed by atoms with E-state index in [0.29, 0.717) is 13.2 Å². The van der Waals surface area contributed by atoms with E-state index in [0.717, 1.165) is 35.1 Å². The second-order valence-corrected chi connectivity index (χ2v) is 4.84. The van der Waals surface area contributed by atoms with Crippen LogP contribution in [0.4, 0.5) is 0 Å². The van der Waals surface area contributed by atoms with Crippen molar-refractivity contribution < 1.29 is 14.3 Å². The Labute approximate surface area is 111 Å². The number of ether oxygens (including phenoxy) is 2. The van der Waals surface area contributed by atoms with E-state index in [1.165, 1.54) is 0 Å². The Kier molecular flexibility index (Phi) is 3.25. The minimum absolute atomic E-state index is 0.0673. The fraction of sp³-hybridized carbons (Fsp3) is 0.400. The number of aromatic nitrogens is 1. The van der Waals surface area contributed by atoms with Gasteiger partial charge in [-0.3, -0.25) is 4.79 Å². The summed E-state index contributed by atoms with van der Waals surface area (Å²) < 4.78 is 10.7. The molecule has 1 aromatic heterocycles. The van der Waals surface area contributed by atoms with Crippen LogP contribution in [0.5, 0.6) is 5.75 Å². The Morgan fingerprint density at radius 1 is 1.37 bits per heavy atom. The fourth-order valence-corrected chi connectivity index (χ4v) is 2.70. The number of carbonyl (C=O) groups is 1. The number of fused-ring (bicyclic) bond motifs is 1. The van der Waals surface area contributed by atoms with Crippen LogP contribution in [0.15, 0.2) is 24.4 Å². The number of carbonyl (C=O) groups excluding carboxylic acids is 1. The number of hydrogen-bond donors (Lipinski definition) is 1. The second kappa shape index (κ2) is 5.05. The van der Waals surface area contributed by atoms with Crippen molar-refractivity contribution in [1.29, 1.82) is 0 Å². The number of methoxy groups -OCH3 is 1. The molecule has 0 amide bonds. The number of benzene rings is 1. The third-order valence-corrected chi connectivity index (χ3v) is 3.75. The van der Waals surface area contributed by atoms with Gasteiger partial charge in [0, 0.05) is 36.4 Å². The Hall–Kier alpha value is -1.81. The summed E-state index contributed by atoms with van der Waals surface area (Å²) in [5.74, 6) is 1.01. The van der Waals surface area contributed by atoms with Crippen LogP contribution in [0.1, 0.15) is 23.2 Å². The number of Topliss-reactive ketones (excluding diaryl/α,β-unsaturated/α-hetero) is 1. The molecule has 100 valence electrons. The van der Waals surface area contributed by atoms with Gasteiger partial charge in [0.1, 0.15) is 5.75 Å². The summed E-state index contributed by atoms with van der Waals surface area (Å²) in [6, 6.07) is 5.76. The van der Waals surface area contributed by atoms with Crippen molar-refractivity contribution in [3.63, 3.8) is 0 Å². The standard InChI is InChI=1S/C15H17NO3/c1-18-13-4-2-3-12-14(13)11(9-16-12)15(17)10-5-7-19-8-6-10/h2-4,9-10,16H,5-8H2,1H3. The normalized spacial score (nSPS) is 16.7. The SMILES string of the molecule is COc1cccc2[nH]cc(C(=O)C3CCOCC3)c12. The van der Waals surface area contributed by atoms with Crippen LogP contribution in [-0.4, -0.2) is 31.1 Å². The summed E-state index contributed by atoms with van der Waals surface area (Å²) in [5, 5.41) is 0.890. The molecule has 0 unspecified atom stereocenters. The predicted octanol–water partition coefficient (Wildman–Crippen LogP) is 2.79. The van der Waals surface area contributed by atoms with Gasteiger partial charge < -0.3 is 14.5 Å². The quantitative estimate of drug-likeness (QED) is 0.862. The summed E-state index contributed by atoms with van der Waals surface area (Å²) >= 11 is 0. The van der Waals surface area contributed by atoms with Crippen LogP contribution < -0.4 is 4.74 Å². The lowest BCUT2D eigenvalue weighted by molar-refractivity contribution is 0.0546. The van der Waals surface area contributed by atoms with E-state index in [2.05, 4.69) is 4.98 Å². The van der Waals surface area contributed by atoms with Crippen molar-refractivity contribution in [2.45, 2.75) is 12.8 Å². The highest BCUT2D eigenvalue weighted by molar-refractivity contribution is 6.10. The molecule has 4 nitrogen and oxygen atoms in total. The van der Waals surface area contributed by atoms with Crippen molar-refractivity contribution in [2.24, 2.45) is 5.92 Å². The van der Waals surface area contributed by atoms with Gasteiger partial charge in [-0.05, 0) is 25.0 Å². The minimum Gasteiger partial charge on any atom is -0.496 e. The van der Waals surface area contributed by atoms with Crippen molar-refractivity contribution in [3.8, 4) is 5.75 Å². The van der Waals surface area contributed by atoms with E-state index in [1.807, 2.05) is 18.2 Å². The van der Waals surface area contributed by atoms with Gasteiger partial charge in [0.05, 0.1) is 12.5 Å². The maximum atomic E-state index is 12.6. The molecule has 2 aromatic rings. The lowest BCUT2D eigenvalue weighted by Crippen LogP contribution is -2.23. The molecule has 1 saturated heterocycles. The molecular weight excluding hydrogens is 242 g/mol. The first-order valence-corrected chi connectivity index (χ1v) is 6.57. The average molecular weight is 259 g/mol. The molecule has 0 spiro atoms. The number of nitrogens with one attached hydrogen (secondary N) is 1. The van der Waals surface area contributed by atoms with Crippen LogP contribution in [0, 0.1) is 5.92 Å². The Bertz CT molecular complexity index is 596. The highest BCUT2D eigenvalue weighted by Gasteiger charge is 2.25. The van der Waals surface area contributed by atoms with Gasteiger partial charge in [0.2, 0.25) is 0 Å². The zero-order valence-corrected chi connectivity index (χ0v) is 10.9. The molecule has 4 heteroatoms. The molecule has 2 heterocycles. The summed E-state index contributed by atoms with van der Waals surface area (Å²) in [7, 11) is 1.63. The molecule has 1 aliphatic heterocycles. The Morgan fingerprint density at radius 3 is 2.89 bits per heavy atom. The lowest BCUT2D eigenvalue weighted by atomic mass is 9.91. The monoisotopic (exact) mass is 259 g/mol. The number of hydrogen-bond acceptors (Lipinski definition) is 3. The Balaban J connectivity index is 2.02. The third-order valence-electron chi connectivity index (χ3n) is 3.75. The van der Waals surface area contributed by atoms with Gasteiger partial charge in [-0.25, -0.2) is 0 Å². The van der Waals surface area contributed by atoms with Crippen LogP contribution in [0.25, 0.3) is 10.9 Å². The summed E-state index contributed by atoms with van der Waals surface area (Å²) in [5.41, 5.74) is 1.68. The average Bonchev–Trinajstić information content (AvgIpc) is 2.91. The van der Waals surface area contributed by atoms with Crippen LogP contribution >= 0.6 is 0 Å². The highest BCUT2D eigenvalue weighted by Crippen LogP contribution is 2.31. The maximum absolute atomic E-state index is 12.6. The van der Waals surface area contributed by atoms with E-state index in [4.69, 9.17) is 9.47 Å². The largest absolute Gasteiger partial charge is 0.496 e. The van der Waals surface area contributed by atoms with Crippen molar-refractivity contribution in [3.05, 3.63) is 30.0 Å². The van der Waals surface area contributed by atoms with Crippen LogP contribution in [0.2, 0.25) is 0 Å². The molecule has 1 N–H and O–H groups in total. The summed E-state index contributed by atoms with van der Waals surface area (Å²) in [6.07, 6.45) is 3.41. The minimum atomic E-state index is 0.0673.